The van der Waals surface area contributed by atoms with Crippen molar-refractivity contribution in [2.24, 2.45) is 0 Å². The lowest BCUT2D eigenvalue weighted by Gasteiger charge is -2.36. The Bertz CT molecular complexity index is 1190. The summed E-state index contributed by atoms with van der Waals surface area (Å²) in [6.07, 6.45) is 3.99. The van der Waals surface area contributed by atoms with Crippen molar-refractivity contribution in [1.29, 1.82) is 0 Å². The van der Waals surface area contributed by atoms with Crippen molar-refractivity contribution in [2.75, 3.05) is 19.8 Å². The number of hydrogen-bond acceptors (Lipinski definition) is 4. The van der Waals surface area contributed by atoms with Gasteiger partial charge in [-0.05, 0) is 56.7 Å². The van der Waals surface area contributed by atoms with Crippen LogP contribution in [0.5, 0.6) is 0 Å². The molecule has 0 aromatic heterocycles. The van der Waals surface area contributed by atoms with E-state index >= 15 is 4.39 Å². The van der Waals surface area contributed by atoms with Gasteiger partial charge in [0.1, 0.15) is 11.1 Å². The Morgan fingerprint density at radius 3 is 2.57 bits per heavy atom. The lowest BCUT2D eigenvalue weighted by molar-refractivity contribution is -0.129. The molecule has 2 saturated heterocycles. The van der Waals surface area contributed by atoms with Crippen molar-refractivity contribution in [2.45, 2.75) is 56.7 Å². The van der Waals surface area contributed by atoms with Crippen molar-refractivity contribution in [1.82, 2.24) is 9.62 Å². The first-order valence-corrected chi connectivity index (χ1v) is 13.6. The molecule has 1 atom stereocenters. The molecule has 2 heterocycles. The molecule has 0 unspecified atom stereocenters. The Morgan fingerprint density at radius 1 is 1.20 bits per heavy atom. The van der Waals surface area contributed by atoms with Gasteiger partial charge < -0.3 is 10.1 Å². The van der Waals surface area contributed by atoms with Gasteiger partial charge in [0.25, 0.3) is 0 Å². The molecule has 8 heteroatoms. The first-order valence-electron chi connectivity index (χ1n) is 12.1. The molecule has 4 rings (SSSR count). The summed E-state index contributed by atoms with van der Waals surface area (Å²) in [5.41, 5.74) is 1.50. The van der Waals surface area contributed by atoms with Crippen LogP contribution in [0.4, 0.5) is 4.39 Å². The Morgan fingerprint density at radius 2 is 1.91 bits per heavy atom. The molecule has 6 nitrogen and oxygen atoms in total. The molecule has 2 aliphatic rings. The van der Waals surface area contributed by atoms with Crippen LogP contribution in [-0.4, -0.2) is 38.4 Å². The average Bonchev–Trinajstić information content (AvgIpc) is 2.86. The largest absolute Gasteiger partial charge is 0.381 e. The zero-order chi connectivity index (χ0) is 25.1. The summed E-state index contributed by atoms with van der Waals surface area (Å²) in [6, 6.07) is 14.0. The molecule has 1 amide bonds. The van der Waals surface area contributed by atoms with Gasteiger partial charge in [-0.3, -0.25) is 4.79 Å². The number of benzene rings is 2. The molecule has 0 spiro atoms. The fraction of sp³-hybridized carbons (Fsp3) is 0.444. The molecule has 2 aromatic rings. The van der Waals surface area contributed by atoms with Crippen molar-refractivity contribution in [3.8, 4) is 0 Å². The predicted octanol–water partition coefficient (Wildman–Crippen LogP) is 4.58. The summed E-state index contributed by atoms with van der Waals surface area (Å²) in [4.78, 5) is 13.2. The van der Waals surface area contributed by atoms with Gasteiger partial charge in [-0.25, -0.2) is 12.8 Å². The Balaban J connectivity index is 1.59. The van der Waals surface area contributed by atoms with Crippen LogP contribution in [0.2, 0.25) is 0 Å². The predicted molar refractivity (Wildman–Crippen MR) is 133 cm³/mol. The molecular formula is C27H33FN2O4S. The Hall–Kier alpha value is -2.55. The number of amides is 1. The van der Waals surface area contributed by atoms with Crippen molar-refractivity contribution < 1.29 is 22.3 Å². The number of nitrogens with zero attached hydrogens (tertiary/aromatic N) is 1. The number of allylic oxidation sites excluding steroid dienone is 2. The zero-order valence-corrected chi connectivity index (χ0v) is 21.1. The van der Waals surface area contributed by atoms with E-state index in [1.54, 1.807) is 12.1 Å². The first kappa shape index (κ1) is 25.5. The van der Waals surface area contributed by atoms with Crippen molar-refractivity contribution >= 4 is 15.9 Å². The summed E-state index contributed by atoms with van der Waals surface area (Å²) >= 11 is 0. The van der Waals surface area contributed by atoms with Gasteiger partial charge in [-0.2, -0.15) is 4.31 Å². The smallest absolute Gasteiger partial charge is 0.234 e. The highest BCUT2D eigenvalue weighted by atomic mass is 32.2. The van der Waals surface area contributed by atoms with E-state index in [0.29, 0.717) is 56.6 Å². The number of ether oxygens (including phenoxy) is 1. The van der Waals surface area contributed by atoms with Gasteiger partial charge in [-0.1, -0.05) is 48.5 Å². The maximum absolute atomic E-state index is 15.4. The second-order valence-corrected chi connectivity index (χ2v) is 11.5. The van der Waals surface area contributed by atoms with Crippen LogP contribution in [0.25, 0.3) is 0 Å². The van der Waals surface area contributed by atoms with E-state index in [0.717, 1.165) is 11.3 Å². The lowest BCUT2D eigenvalue weighted by atomic mass is 9.73. The third kappa shape index (κ3) is 5.20. The monoisotopic (exact) mass is 500 g/mol. The number of nitrogens with one attached hydrogen (secondary N) is 1. The van der Waals surface area contributed by atoms with Crippen LogP contribution in [0, 0.1) is 5.82 Å². The Labute approximate surface area is 207 Å². The molecule has 0 aliphatic carbocycles. The normalized spacial score (nSPS) is 22.5. The molecule has 0 bridgehead atoms. The second kappa shape index (κ2) is 10.6. The lowest BCUT2D eigenvalue weighted by Crippen LogP contribution is -2.47. The fourth-order valence-electron chi connectivity index (χ4n) is 4.99. The number of halogens is 1. The molecule has 35 heavy (non-hydrogen) atoms. The van der Waals surface area contributed by atoms with Gasteiger partial charge in [0, 0.05) is 37.6 Å². The number of hydrogen-bond donors (Lipinski definition) is 1. The Kier molecular flexibility index (Phi) is 7.73. The van der Waals surface area contributed by atoms with Crippen LogP contribution in [-0.2, 0) is 31.5 Å². The van der Waals surface area contributed by atoms with E-state index in [4.69, 9.17) is 4.74 Å². The summed E-state index contributed by atoms with van der Waals surface area (Å²) in [5, 5.41) is 2.30. The fourth-order valence-corrected chi connectivity index (χ4v) is 7.01. The minimum absolute atomic E-state index is 0.0300. The molecular weight excluding hydrogens is 467 g/mol. The highest BCUT2D eigenvalue weighted by molar-refractivity contribution is 7.89. The standard InChI is InChI=1S/C27H33FN2O4S/c1-3-20(2)29-26(31)27(13-16-34-17-14-27)23-12-11-22(24(28)18-23)19-30-15-7-10-25(35(30,32)33)21-8-5-4-6-9-21/h3-6,8-9,11-12,18,25H,7,10,13-17,19H2,1-2H3,(H,29,31)/b20-3+/t25-/m1/s1. The summed E-state index contributed by atoms with van der Waals surface area (Å²) < 4.78 is 49.0. The van der Waals surface area contributed by atoms with E-state index in [9.17, 15) is 13.2 Å². The maximum Gasteiger partial charge on any atom is 0.234 e. The van der Waals surface area contributed by atoms with Gasteiger partial charge in [0.2, 0.25) is 15.9 Å². The highest BCUT2D eigenvalue weighted by Crippen LogP contribution is 2.38. The summed E-state index contributed by atoms with van der Waals surface area (Å²) in [6.45, 7) is 4.82. The third-order valence-electron chi connectivity index (χ3n) is 7.24. The molecule has 1 N–H and O–H groups in total. The van der Waals surface area contributed by atoms with Crippen LogP contribution in [0.1, 0.15) is 61.5 Å². The van der Waals surface area contributed by atoms with Crippen LogP contribution in [0.3, 0.4) is 0 Å². The van der Waals surface area contributed by atoms with E-state index < -0.39 is 26.5 Å². The third-order valence-corrected chi connectivity index (χ3v) is 9.50. The maximum atomic E-state index is 15.4. The van der Waals surface area contributed by atoms with Crippen LogP contribution >= 0.6 is 0 Å². The number of rotatable bonds is 6. The van der Waals surface area contributed by atoms with E-state index in [2.05, 4.69) is 5.32 Å². The van der Waals surface area contributed by atoms with Crippen LogP contribution in [0.15, 0.2) is 60.3 Å². The molecule has 188 valence electrons. The minimum Gasteiger partial charge on any atom is -0.381 e. The van der Waals surface area contributed by atoms with Gasteiger partial charge in [0.05, 0.1) is 5.41 Å². The number of carbonyl (C=O) groups is 1. The molecule has 0 radical (unpaired) electrons. The number of carbonyl (C=O) groups excluding carboxylic acids is 1. The topological polar surface area (TPSA) is 75.7 Å². The van der Waals surface area contributed by atoms with E-state index in [-0.39, 0.29) is 12.5 Å². The second-order valence-electron chi connectivity index (χ2n) is 9.35. The zero-order valence-electron chi connectivity index (χ0n) is 20.3. The molecule has 2 fully saturated rings. The number of sulfonamides is 1. The molecule has 2 aliphatic heterocycles. The average molecular weight is 501 g/mol. The summed E-state index contributed by atoms with van der Waals surface area (Å²) in [7, 11) is -3.63. The highest BCUT2D eigenvalue weighted by Gasteiger charge is 2.42. The van der Waals surface area contributed by atoms with Gasteiger partial charge >= 0.3 is 0 Å². The first-order chi connectivity index (χ1) is 16.8. The van der Waals surface area contributed by atoms with Crippen LogP contribution < -0.4 is 5.32 Å². The van der Waals surface area contributed by atoms with E-state index in [1.165, 1.54) is 10.4 Å². The van der Waals surface area contributed by atoms with E-state index in [1.807, 2.05) is 50.3 Å². The van der Waals surface area contributed by atoms with Crippen molar-refractivity contribution in [3.63, 3.8) is 0 Å². The molecule has 2 aromatic carbocycles. The SMILES string of the molecule is C/C=C(\C)NC(=O)C1(c2ccc(CN3CCC[C@H](c4ccccc4)S3(=O)=O)c(F)c2)CCOCC1. The quantitative estimate of drug-likeness (QED) is 0.630. The summed E-state index contributed by atoms with van der Waals surface area (Å²) in [5.74, 6) is -0.672. The minimum atomic E-state index is -3.63. The van der Waals surface area contributed by atoms with Crippen molar-refractivity contribution in [3.05, 3.63) is 82.8 Å². The van der Waals surface area contributed by atoms with Gasteiger partial charge in [0.15, 0.2) is 0 Å². The van der Waals surface area contributed by atoms with Gasteiger partial charge in [-0.15, -0.1) is 0 Å². The molecule has 0 saturated carbocycles.